The Hall–Kier alpha value is -2.80. The van der Waals surface area contributed by atoms with E-state index in [9.17, 15) is 9.59 Å². The first-order valence-corrected chi connectivity index (χ1v) is 10.8. The Kier molecular flexibility index (Phi) is 5.85. The van der Waals surface area contributed by atoms with E-state index in [-0.39, 0.29) is 23.6 Å². The molecule has 1 aliphatic rings. The molecule has 7 heteroatoms. The van der Waals surface area contributed by atoms with Crippen LogP contribution in [0.25, 0.3) is 11.0 Å². The Morgan fingerprint density at radius 3 is 2.62 bits per heavy atom. The van der Waals surface area contributed by atoms with E-state index < -0.39 is 0 Å². The second kappa shape index (κ2) is 8.69. The summed E-state index contributed by atoms with van der Waals surface area (Å²) < 4.78 is 1.98. The van der Waals surface area contributed by atoms with Gasteiger partial charge in [0, 0.05) is 13.1 Å². The number of para-hydroxylation sites is 3. The van der Waals surface area contributed by atoms with Crippen molar-refractivity contribution in [2.45, 2.75) is 36.9 Å². The molecule has 0 saturated heterocycles. The number of fused-ring (bicyclic) bond motifs is 1. The molecular weight excluding hydrogens is 384 g/mol. The van der Waals surface area contributed by atoms with E-state index in [1.807, 2.05) is 48.0 Å². The highest BCUT2D eigenvalue weighted by Crippen LogP contribution is 2.24. The molecule has 150 valence electrons. The Morgan fingerprint density at radius 1 is 1.10 bits per heavy atom. The summed E-state index contributed by atoms with van der Waals surface area (Å²) in [6.45, 7) is 0. The number of benzene rings is 2. The van der Waals surface area contributed by atoms with Crippen LogP contribution in [-0.2, 0) is 11.8 Å². The fourth-order valence-corrected chi connectivity index (χ4v) is 4.48. The molecule has 1 heterocycles. The van der Waals surface area contributed by atoms with Gasteiger partial charge >= 0.3 is 0 Å². The number of hydrogen-bond donors (Lipinski definition) is 2. The molecule has 0 radical (unpaired) electrons. The SMILES string of the molecule is Cn1c(SCC(=O)Nc2ccccc2C(=O)NC2CCCC2)nc2ccccc21. The molecule has 0 spiro atoms. The molecule has 2 amide bonds. The minimum atomic E-state index is -0.164. The molecule has 1 saturated carbocycles. The standard InChI is InChI=1S/C22H24N4O2S/c1-26-19-13-7-6-12-18(19)25-22(26)29-14-20(27)24-17-11-5-4-10-16(17)21(28)23-15-8-2-3-9-15/h4-7,10-13,15H,2-3,8-9,14H2,1H3,(H,23,28)(H,24,27). The zero-order valence-corrected chi connectivity index (χ0v) is 17.2. The van der Waals surface area contributed by atoms with Gasteiger partial charge < -0.3 is 15.2 Å². The molecule has 1 fully saturated rings. The number of rotatable bonds is 6. The first-order valence-electron chi connectivity index (χ1n) is 9.86. The normalized spacial score (nSPS) is 14.2. The summed E-state index contributed by atoms with van der Waals surface area (Å²) in [4.78, 5) is 29.8. The fraction of sp³-hybridized carbons (Fsp3) is 0.318. The predicted molar refractivity (Wildman–Crippen MR) is 116 cm³/mol. The Morgan fingerprint density at radius 2 is 1.83 bits per heavy atom. The van der Waals surface area contributed by atoms with Crippen molar-refractivity contribution >= 4 is 40.3 Å². The number of aryl methyl sites for hydroxylation is 1. The van der Waals surface area contributed by atoms with Gasteiger partial charge in [-0.05, 0) is 37.1 Å². The van der Waals surface area contributed by atoms with Gasteiger partial charge in [0.2, 0.25) is 5.91 Å². The van der Waals surface area contributed by atoms with E-state index in [1.165, 1.54) is 11.8 Å². The first-order chi connectivity index (χ1) is 14.1. The molecular formula is C22H24N4O2S. The minimum absolute atomic E-state index is 0.129. The lowest BCUT2D eigenvalue weighted by atomic mass is 10.1. The molecule has 1 aliphatic carbocycles. The van der Waals surface area contributed by atoms with Gasteiger partial charge in [-0.1, -0.05) is 48.9 Å². The molecule has 0 unspecified atom stereocenters. The van der Waals surface area contributed by atoms with Gasteiger partial charge in [0.15, 0.2) is 5.16 Å². The van der Waals surface area contributed by atoms with Gasteiger partial charge in [-0.25, -0.2) is 4.98 Å². The third kappa shape index (κ3) is 4.45. The number of amides is 2. The van der Waals surface area contributed by atoms with Crippen LogP contribution in [0.2, 0.25) is 0 Å². The maximum Gasteiger partial charge on any atom is 0.253 e. The van der Waals surface area contributed by atoms with Crippen LogP contribution in [0, 0.1) is 0 Å². The third-order valence-corrected chi connectivity index (χ3v) is 6.24. The summed E-state index contributed by atoms with van der Waals surface area (Å²) in [6, 6.07) is 15.3. The van der Waals surface area contributed by atoms with Crippen molar-refractivity contribution in [1.29, 1.82) is 0 Å². The zero-order chi connectivity index (χ0) is 20.2. The lowest BCUT2D eigenvalue weighted by Gasteiger charge is -2.15. The van der Waals surface area contributed by atoms with E-state index in [2.05, 4.69) is 15.6 Å². The van der Waals surface area contributed by atoms with Gasteiger partial charge in [-0.3, -0.25) is 9.59 Å². The zero-order valence-electron chi connectivity index (χ0n) is 16.4. The molecule has 6 nitrogen and oxygen atoms in total. The van der Waals surface area contributed by atoms with Crippen LogP contribution in [0.5, 0.6) is 0 Å². The number of imidazole rings is 1. The highest BCUT2D eigenvalue weighted by Gasteiger charge is 2.20. The molecule has 1 aromatic heterocycles. The lowest BCUT2D eigenvalue weighted by molar-refractivity contribution is -0.113. The number of anilines is 1. The summed E-state index contributed by atoms with van der Waals surface area (Å²) in [5, 5.41) is 6.75. The van der Waals surface area contributed by atoms with Crippen LogP contribution in [0.1, 0.15) is 36.0 Å². The fourth-order valence-electron chi connectivity index (χ4n) is 3.69. The van der Waals surface area contributed by atoms with E-state index in [0.29, 0.717) is 11.3 Å². The van der Waals surface area contributed by atoms with Crippen LogP contribution in [-0.4, -0.2) is 33.2 Å². The molecule has 2 N–H and O–H groups in total. The van der Waals surface area contributed by atoms with Gasteiger partial charge in [-0.15, -0.1) is 0 Å². The van der Waals surface area contributed by atoms with E-state index in [0.717, 1.165) is 41.9 Å². The summed E-state index contributed by atoms with van der Waals surface area (Å²) in [5.41, 5.74) is 2.98. The van der Waals surface area contributed by atoms with Crippen molar-refractivity contribution < 1.29 is 9.59 Å². The average molecular weight is 409 g/mol. The maximum atomic E-state index is 12.6. The van der Waals surface area contributed by atoms with E-state index >= 15 is 0 Å². The highest BCUT2D eigenvalue weighted by molar-refractivity contribution is 7.99. The number of carbonyl (C=O) groups excluding carboxylic acids is 2. The summed E-state index contributed by atoms with van der Waals surface area (Å²) in [5.74, 6) is -0.0746. The van der Waals surface area contributed by atoms with E-state index in [1.54, 1.807) is 12.1 Å². The predicted octanol–water partition coefficient (Wildman–Crippen LogP) is 3.98. The van der Waals surface area contributed by atoms with Gasteiger partial charge in [-0.2, -0.15) is 0 Å². The Labute approximate surface area is 174 Å². The molecule has 4 rings (SSSR count). The second-order valence-corrected chi connectivity index (χ2v) is 8.22. The third-order valence-electron chi connectivity index (χ3n) is 5.21. The topological polar surface area (TPSA) is 76.0 Å². The van der Waals surface area contributed by atoms with Crippen molar-refractivity contribution in [3.05, 3.63) is 54.1 Å². The number of carbonyl (C=O) groups is 2. The highest BCUT2D eigenvalue weighted by atomic mass is 32.2. The maximum absolute atomic E-state index is 12.6. The number of hydrogen-bond acceptors (Lipinski definition) is 4. The largest absolute Gasteiger partial charge is 0.349 e. The first kappa shape index (κ1) is 19.5. The number of aromatic nitrogens is 2. The second-order valence-electron chi connectivity index (χ2n) is 7.28. The van der Waals surface area contributed by atoms with Crippen LogP contribution in [0.4, 0.5) is 5.69 Å². The number of nitrogens with zero attached hydrogens (tertiary/aromatic N) is 2. The van der Waals surface area contributed by atoms with Crippen LogP contribution < -0.4 is 10.6 Å². The smallest absolute Gasteiger partial charge is 0.253 e. The molecule has 2 aromatic carbocycles. The monoisotopic (exact) mass is 408 g/mol. The lowest BCUT2D eigenvalue weighted by Crippen LogP contribution is -2.33. The van der Waals surface area contributed by atoms with Gasteiger partial charge in [0.25, 0.3) is 5.91 Å². The van der Waals surface area contributed by atoms with Crippen LogP contribution in [0.3, 0.4) is 0 Å². The van der Waals surface area contributed by atoms with Gasteiger partial charge in [0.05, 0.1) is 28.0 Å². The van der Waals surface area contributed by atoms with Crippen LogP contribution in [0.15, 0.2) is 53.7 Å². The minimum Gasteiger partial charge on any atom is -0.349 e. The molecule has 0 aliphatic heterocycles. The number of thioether (sulfide) groups is 1. The summed E-state index contributed by atoms with van der Waals surface area (Å²) in [6.07, 6.45) is 4.36. The van der Waals surface area contributed by atoms with Crippen molar-refractivity contribution in [3.63, 3.8) is 0 Å². The average Bonchev–Trinajstić information content (AvgIpc) is 3.35. The quantitative estimate of drug-likeness (QED) is 0.605. The molecule has 0 bridgehead atoms. The molecule has 0 atom stereocenters. The summed E-state index contributed by atoms with van der Waals surface area (Å²) in [7, 11) is 1.94. The molecule has 3 aromatic rings. The van der Waals surface area contributed by atoms with E-state index in [4.69, 9.17) is 0 Å². The van der Waals surface area contributed by atoms with Gasteiger partial charge in [0.1, 0.15) is 0 Å². The van der Waals surface area contributed by atoms with Crippen molar-refractivity contribution in [1.82, 2.24) is 14.9 Å². The van der Waals surface area contributed by atoms with Crippen LogP contribution >= 0.6 is 11.8 Å². The summed E-state index contributed by atoms with van der Waals surface area (Å²) >= 11 is 1.38. The molecule has 29 heavy (non-hydrogen) atoms. The van der Waals surface area contributed by atoms with Crippen molar-refractivity contribution in [3.8, 4) is 0 Å². The Balaban J connectivity index is 1.40. The van der Waals surface area contributed by atoms with Crippen molar-refractivity contribution in [2.75, 3.05) is 11.1 Å². The Bertz CT molecular complexity index is 1040. The van der Waals surface area contributed by atoms with Crippen molar-refractivity contribution in [2.24, 2.45) is 7.05 Å². The number of nitrogens with one attached hydrogen (secondary N) is 2.